The molecular formula is C11H12BrNO2. The molecule has 0 saturated carbocycles. The number of halogens is 1. The first-order chi connectivity index (χ1) is 7.18. The lowest BCUT2D eigenvalue weighted by Crippen LogP contribution is -2.28. The molecule has 3 nitrogen and oxygen atoms in total. The molecule has 80 valence electrons. The zero-order chi connectivity index (χ0) is 10.8. The summed E-state index contributed by atoms with van der Waals surface area (Å²) >= 11 is 3.38. The molecule has 0 aromatic heterocycles. The molecule has 0 radical (unpaired) electrons. The Labute approximate surface area is 97.2 Å². The van der Waals surface area contributed by atoms with Crippen molar-refractivity contribution in [1.29, 1.82) is 0 Å². The Morgan fingerprint density at radius 1 is 1.47 bits per heavy atom. The number of benzene rings is 1. The minimum Gasteiger partial charge on any atom is -0.352 e. The van der Waals surface area contributed by atoms with Crippen LogP contribution in [0.2, 0.25) is 0 Å². The molecule has 1 aliphatic rings. The predicted molar refractivity (Wildman–Crippen MR) is 60.2 cm³/mol. The van der Waals surface area contributed by atoms with E-state index in [-0.39, 0.29) is 12.1 Å². The summed E-state index contributed by atoms with van der Waals surface area (Å²) < 4.78 is 6.57. The number of ether oxygens (including phenoxy) is 1. The van der Waals surface area contributed by atoms with Crippen molar-refractivity contribution in [3.8, 4) is 0 Å². The Hall–Kier alpha value is -0.870. The van der Waals surface area contributed by atoms with Gasteiger partial charge in [-0.05, 0) is 12.1 Å². The number of amides is 1. The van der Waals surface area contributed by atoms with Crippen molar-refractivity contribution in [1.82, 2.24) is 4.90 Å². The Balaban J connectivity index is 2.22. The summed E-state index contributed by atoms with van der Waals surface area (Å²) in [6.07, 6.45) is -0.212. The Kier molecular flexibility index (Phi) is 3.07. The molecule has 1 heterocycles. The lowest BCUT2D eigenvalue weighted by atomic mass is 10.2. The molecule has 1 saturated heterocycles. The summed E-state index contributed by atoms with van der Waals surface area (Å²) in [5.41, 5.74) is 1.02. The van der Waals surface area contributed by atoms with Crippen LogP contribution >= 0.6 is 15.9 Å². The quantitative estimate of drug-likeness (QED) is 0.783. The second-order valence-corrected chi connectivity index (χ2v) is 4.40. The number of carbonyl (C=O) groups is 1. The van der Waals surface area contributed by atoms with E-state index in [2.05, 4.69) is 15.9 Å². The lowest BCUT2D eigenvalue weighted by Gasteiger charge is -2.21. The molecule has 0 aliphatic carbocycles. The lowest BCUT2D eigenvalue weighted by molar-refractivity contribution is -0.133. The van der Waals surface area contributed by atoms with Gasteiger partial charge in [0.1, 0.15) is 0 Å². The summed E-state index contributed by atoms with van der Waals surface area (Å²) in [5, 5.41) is 0. The van der Waals surface area contributed by atoms with E-state index in [9.17, 15) is 4.79 Å². The summed E-state index contributed by atoms with van der Waals surface area (Å²) in [6, 6.07) is 7.84. The highest BCUT2D eigenvalue weighted by molar-refractivity contribution is 9.10. The molecule has 1 aromatic carbocycles. The SMILES string of the molecule is CC(=O)N1CCOC1c1ccc(Br)cc1. The van der Waals surface area contributed by atoms with Crippen molar-refractivity contribution >= 4 is 21.8 Å². The highest BCUT2D eigenvalue weighted by Crippen LogP contribution is 2.27. The third kappa shape index (κ3) is 2.21. The van der Waals surface area contributed by atoms with E-state index < -0.39 is 0 Å². The van der Waals surface area contributed by atoms with Crippen LogP contribution in [0.25, 0.3) is 0 Å². The Morgan fingerprint density at radius 2 is 2.13 bits per heavy atom. The third-order valence-corrected chi connectivity index (χ3v) is 2.98. The van der Waals surface area contributed by atoms with Gasteiger partial charge >= 0.3 is 0 Å². The first-order valence-electron chi connectivity index (χ1n) is 4.83. The molecule has 1 atom stereocenters. The van der Waals surface area contributed by atoms with Crippen molar-refractivity contribution in [3.63, 3.8) is 0 Å². The maximum absolute atomic E-state index is 11.3. The first-order valence-corrected chi connectivity index (χ1v) is 5.62. The summed E-state index contributed by atoms with van der Waals surface area (Å²) in [4.78, 5) is 13.1. The fraction of sp³-hybridized carbons (Fsp3) is 0.364. The monoisotopic (exact) mass is 269 g/mol. The van der Waals surface area contributed by atoms with E-state index in [1.165, 1.54) is 0 Å². The van der Waals surface area contributed by atoms with Crippen LogP contribution < -0.4 is 0 Å². The average molecular weight is 270 g/mol. The van der Waals surface area contributed by atoms with Gasteiger partial charge in [0.2, 0.25) is 5.91 Å². The van der Waals surface area contributed by atoms with Crippen molar-refractivity contribution in [2.75, 3.05) is 13.2 Å². The number of hydrogen-bond acceptors (Lipinski definition) is 2. The van der Waals surface area contributed by atoms with Gasteiger partial charge in [-0.1, -0.05) is 28.1 Å². The van der Waals surface area contributed by atoms with Crippen LogP contribution in [0.15, 0.2) is 28.7 Å². The van der Waals surface area contributed by atoms with Crippen LogP contribution in [-0.4, -0.2) is 24.0 Å². The Morgan fingerprint density at radius 3 is 2.73 bits per heavy atom. The van der Waals surface area contributed by atoms with Crippen LogP contribution in [0.4, 0.5) is 0 Å². The van der Waals surface area contributed by atoms with Crippen molar-refractivity contribution < 1.29 is 9.53 Å². The normalized spacial score (nSPS) is 20.7. The average Bonchev–Trinajstić information content (AvgIpc) is 2.67. The molecule has 0 bridgehead atoms. The molecule has 1 aromatic rings. The molecule has 15 heavy (non-hydrogen) atoms. The molecular weight excluding hydrogens is 258 g/mol. The number of nitrogens with zero attached hydrogens (tertiary/aromatic N) is 1. The molecule has 2 rings (SSSR count). The molecule has 1 aliphatic heterocycles. The summed E-state index contributed by atoms with van der Waals surface area (Å²) in [5.74, 6) is 0.0559. The molecule has 0 spiro atoms. The minimum absolute atomic E-state index is 0.0559. The van der Waals surface area contributed by atoms with Crippen LogP contribution in [0, 0.1) is 0 Å². The van der Waals surface area contributed by atoms with Crippen LogP contribution in [0.3, 0.4) is 0 Å². The van der Waals surface area contributed by atoms with Gasteiger partial charge in [0.15, 0.2) is 6.23 Å². The van der Waals surface area contributed by atoms with Crippen molar-refractivity contribution in [2.24, 2.45) is 0 Å². The van der Waals surface area contributed by atoms with Gasteiger partial charge in [0.05, 0.1) is 6.61 Å². The van der Waals surface area contributed by atoms with E-state index in [0.29, 0.717) is 13.2 Å². The molecule has 0 N–H and O–H groups in total. The van der Waals surface area contributed by atoms with Gasteiger partial charge in [-0.25, -0.2) is 0 Å². The van der Waals surface area contributed by atoms with E-state index >= 15 is 0 Å². The largest absolute Gasteiger partial charge is 0.352 e. The predicted octanol–water partition coefficient (Wildman–Crippen LogP) is 2.33. The maximum atomic E-state index is 11.3. The van der Waals surface area contributed by atoms with Gasteiger partial charge in [0, 0.05) is 23.5 Å². The molecule has 1 unspecified atom stereocenters. The second kappa shape index (κ2) is 4.33. The van der Waals surface area contributed by atoms with Gasteiger partial charge in [-0.3, -0.25) is 4.79 Å². The maximum Gasteiger partial charge on any atom is 0.221 e. The number of hydrogen-bond donors (Lipinski definition) is 0. The highest BCUT2D eigenvalue weighted by atomic mass is 79.9. The zero-order valence-corrected chi connectivity index (χ0v) is 10.0. The number of rotatable bonds is 1. The van der Waals surface area contributed by atoms with E-state index in [1.807, 2.05) is 24.3 Å². The number of carbonyl (C=O) groups excluding carboxylic acids is 1. The van der Waals surface area contributed by atoms with Gasteiger partial charge in [-0.15, -0.1) is 0 Å². The van der Waals surface area contributed by atoms with Gasteiger partial charge < -0.3 is 9.64 Å². The summed E-state index contributed by atoms with van der Waals surface area (Å²) in [7, 11) is 0. The van der Waals surface area contributed by atoms with E-state index in [1.54, 1.807) is 11.8 Å². The minimum atomic E-state index is -0.212. The smallest absolute Gasteiger partial charge is 0.221 e. The van der Waals surface area contributed by atoms with E-state index in [4.69, 9.17) is 4.74 Å². The van der Waals surface area contributed by atoms with Crippen LogP contribution in [0.1, 0.15) is 18.7 Å². The van der Waals surface area contributed by atoms with Gasteiger partial charge in [-0.2, -0.15) is 0 Å². The van der Waals surface area contributed by atoms with Crippen LogP contribution in [0.5, 0.6) is 0 Å². The topological polar surface area (TPSA) is 29.5 Å². The van der Waals surface area contributed by atoms with Crippen molar-refractivity contribution in [3.05, 3.63) is 34.3 Å². The highest BCUT2D eigenvalue weighted by Gasteiger charge is 2.28. The standard InChI is InChI=1S/C11H12BrNO2/c1-8(14)13-6-7-15-11(13)9-2-4-10(12)5-3-9/h2-5,11H,6-7H2,1H3. The van der Waals surface area contributed by atoms with E-state index in [0.717, 1.165) is 10.0 Å². The Bertz CT molecular complexity index is 363. The fourth-order valence-electron chi connectivity index (χ4n) is 1.70. The van der Waals surface area contributed by atoms with Gasteiger partial charge in [0.25, 0.3) is 0 Å². The van der Waals surface area contributed by atoms with Crippen LogP contribution in [-0.2, 0) is 9.53 Å². The molecule has 4 heteroatoms. The molecule has 1 fully saturated rings. The first kappa shape index (κ1) is 10.6. The summed E-state index contributed by atoms with van der Waals surface area (Å²) in [6.45, 7) is 2.86. The second-order valence-electron chi connectivity index (χ2n) is 3.49. The third-order valence-electron chi connectivity index (χ3n) is 2.45. The zero-order valence-electron chi connectivity index (χ0n) is 8.44. The van der Waals surface area contributed by atoms with Crippen molar-refractivity contribution in [2.45, 2.75) is 13.2 Å². The molecule has 1 amide bonds. The fourth-order valence-corrected chi connectivity index (χ4v) is 1.96.